The van der Waals surface area contributed by atoms with Gasteiger partial charge in [-0.05, 0) is 23.6 Å². The molecule has 0 spiro atoms. The number of nitrogens with one attached hydrogen (secondary N) is 2. The van der Waals surface area contributed by atoms with E-state index < -0.39 is 0 Å². The summed E-state index contributed by atoms with van der Waals surface area (Å²) >= 11 is 0. The van der Waals surface area contributed by atoms with Gasteiger partial charge < -0.3 is 15.4 Å². The lowest BCUT2D eigenvalue weighted by atomic mass is 10.2. The number of ether oxygens (including phenoxy) is 1. The highest BCUT2D eigenvalue weighted by Gasteiger charge is 2.01. The topological polar surface area (TPSA) is 58.5 Å². The molecule has 2 aromatic rings. The van der Waals surface area contributed by atoms with Gasteiger partial charge in [0.2, 0.25) is 5.88 Å². The average Bonchev–Trinajstić information content (AvgIpc) is 2.64. The van der Waals surface area contributed by atoms with Crippen molar-refractivity contribution in [1.29, 1.82) is 0 Å². The number of guanidine groups is 1. The molecule has 0 bridgehead atoms. The number of pyridine rings is 1. The second-order valence-electron chi connectivity index (χ2n) is 5.48. The Morgan fingerprint density at radius 3 is 2.64 bits per heavy atom. The van der Waals surface area contributed by atoms with Crippen molar-refractivity contribution in [3.05, 3.63) is 59.8 Å². The maximum atomic E-state index is 5.76. The largest absolute Gasteiger partial charge is 0.473 e. The summed E-state index contributed by atoms with van der Waals surface area (Å²) in [4.78, 5) is 8.49. The summed E-state index contributed by atoms with van der Waals surface area (Å²) in [6.45, 7) is 4.30. The molecule has 2 rings (SSSR count). The first-order valence-corrected chi connectivity index (χ1v) is 8.38. The third-order valence-electron chi connectivity index (χ3n) is 3.54. The summed E-state index contributed by atoms with van der Waals surface area (Å²) in [5, 5.41) is 6.60. The number of halogens is 1. The maximum Gasteiger partial charge on any atom is 0.213 e. The van der Waals surface area contributed by atoms with Crippen LogP contribution in [0.3, 0.4) is 0 Å². The molecular weight excluding hydrogens is 427 g/mol. The number of hydrogen-bond acceptors (Lipinski definition) is 3. The van der Waals surface area contributed by atoms with Gasteiger partial charge in [-0.15, -0.1) is 24.0 Å². The van der Waals surface area contributed by atoms with Crippen molar-refractivity contribution in [3.63, 3.8) is 0 Å². The first-order valence-electron chi connectivity index (χ1n) is 8.38. The molecule has 6 heteroatoms. The van der Waals surface area contributed by atoms with Crippen molar-refractivity contribution < 1.29 is 4.74 Å². The molecule has 1 aromatic heterocycles. The molecule has 0 aliphatic rings. The predicted molar refractivity (Wildman–Crippen MR) is 114 cm³/mol. The SMILES string of the molecule is CCCCNC(=NC)NCc1ccnc(OCc2ccccc2)c1.I. The monoisotopic (exact) mass is 454 g/mol. The first-order chi connectivity index (χ1) is 11.8. The molecule has 0 aliphatic heterocycles. The van der Waals surface area contributed by atoms with E-state index in [4.69, 9.17) is 4.74 Å². The van der Waals surface area contributed by atoms with Gasteiger partial charge >= 0.3 is 0 Å². The average molecular weight is 454 g/mol. The number of aromatic nitrogens is 1. The molecule has 1 aromatic carbocycles. The fourth-order valence-electron chi connectivity index (χ4n) is 2.16. The minimum absolute atomic E-state index is 0. The molecule has 0 unspecified atom stereocenters. The van der Waals surface area contributed by atoms with Crippen LogP contribution in [-0.2, 0) is 13.2 Å². The smallest absolute Gasteiger partial charge is 0.213 e. The van der Waals surface area contributed by atoms with E-state index in [-0.39, 0.29) is 24.0 Å². The Hall–Kier alpha value is -1.83. The zero-order valence-electron chi connectivity index (χ0n) is 14.9. The van der Waals surface area contributed by atoms with Gasteiger partial charge in [0.05, 0.1) is 0 Å². The van der Waals surface area contributed by atoms with E-state index in [9.17, 15) is 0 Å². The van der Waals surface area contributed by atoms with Gasteiger partial charge in [0.1, 0.15) is 6.61 Å². The van der Waals surface area contributed by atoms with E-state index >= 15 is 0 Å². The summed E-state index contributed by atoms with van der Waals surface area (Å²) in [5.74, 6) is 1.44. The van der Waals surface area contributed by atoms with Crippen molar-refractivity contribution in [2.24, 2.45) is 4.99 Å². The van der Waals surface area contributed by atoms with Gasteiger partial charge in [-0.25, -0.2) is 4.98 Å². The Labute approximate surface area is 167 Å². The molecule has 0 aliphatic carbocycles. The minimum Gasteiger partial charge on any atom is -0.473 e. The Morgan fingerprint density at radius 1 is 1.12 bits per heavy atom. The van der Waals surface area contributed by atoms with Gasteiger partial charge in [0.25, 0.3) is 0 Å². The standard InChI is InChI=1S/C19H26N4O.HI/c1-3-4-11-22-19(20-2)23-14-17-10-12-21-18(13-17)24-15-16-8-6-5-7-9-16;/h5-10,12-13H,3-4,11,14-15H2,1-2H3,(H2,20,22,23);1H. The maximum absolute atomic E-state index is 5.76. The van der Waals surface area contributed by atoms with Crippen molar-refractivity contribution in [3.8, 4) is 5.88 Å². The van der Waals surface area contributed by atoms with Crippen molar-refractivity contribution in [1.82, 2.24) is 15.6 Å². The summed E-state index contributed by atoms with van der Waals surface area (Å²) in [5.41, 5.74) is 2.23. The van der Waals surface area contributed by atoms with Crippen LogP contribution in [0.2, 0.25) is 0 Å². The summed E-state index contributed by atoms with van der Waals surface area (Å²) in [6, 6.07) is 14.0. The van der Waals surface area contributed by atoms with Crippen molar-refractivity contribution in [2.45, 2.75) is 32.9 Å². The molecule has 0 fully saturated rings. The van der Waals surface area contributed by atoms with Crippen LogP contribution in [0, 0.1) is 0 Å². The van der Waals surface area contributed by atoms with Crippen LogP contribution in [-0.4, -0.2) is 24.5 Å². The molecule has 1 heterocycles. The zero-order valence-corrected chi connectivity index (χ0v) is 17.2. The summed E-state index contributed by atoms with van der Waals surface area (Å²) in [6.07, 6.45) is 4.06. The fourth-order valence-corrected chi connectivity index (χ4v) is 2.16. The molecule has 5 nitrogen and oxygen atoms in total. The van der Waals surface area contributed by atoms with Gasteiger partial charge in [-0.3, -0.25) is 4.99 Å². The molecule has 0 radical (unpaired) electrons. The van der Waals surface area contributed by atoms with E-state index in [1.165, 1.54) is 0 Å². The van der Waals surface area contributed by atoms with Gasteiger partial charge in [0, 0.05) is 32.4 Å². The lowest BCUT2D eigenvalue weighted by Gasteiger charge is -2.12. The Bertz CT molecular complexity index is 634. The molecule has 0 amide bonds. The highest BCUT2D eigenvalue weighted by Crippen LogP contribution is 2.11. The number of aliphatic imine (C=N–C) groups is 1. The quantitative estimate of drug-likeness (QED) is 0.276. The van der Waals surface area contributed by atoms with Crippen LogP contribution in [0.1, 0.15) is 30.9 Å². The van der Waals surface area contributed by atoms with Crippen LogP contribution >= 0.6 is 24.0 Å². The van der Waals surface area contributed by atoms with E-state index in [0.29, 0.717) is 19.0 Å². The second-order valence-corrected chi connectivity index (χ2v) is 5.48. The number of nitrogens with zero attached hydrogens (tertiary/aromatic N) is 2. The van der Waals surface area contributed by atoms with Gasteiger partial charge in [-0.2, -0.15) is 0 Å². The highest BCUT2D eigenvalue weighted by atomic mass is 127. The highest BCUT2D eigenvalue weighted by molar-refractivity contribution is 14.0. The Kier molecular flexibility index (Phi) is 10.6. The first kappa shape index (κ1) is 21.2. The van der Waals surface area contributed by atoms with Gasteiger partial charge in [0.15, 0.2) is 5.96 Å². The number of hydrogen-bond donors (Lipinski definition) is 2. The predicted octanol–water partition coefficient (Wildman–Crippen LogP) is 3.74. The number of benzene rings is 1. The molecule has 2 N–H and O–H groups in total. The van der Waals surface area contributed by atoms with E-state index in [0.717, 1.165) is 36.5 Å². The van der Waals surface area contributed by atoms with Crippen LogP contribution in [0.5, 0.6) is 5.88 Å². The molecule has 0 saturated carbocycles. The van der Waals surface area contributed by atoms with Gasteiger partial charge in [-0.1, -0.05) is 43.7 Å². The van der Waals surface area contributed by atoms with Crippen molar-refractivity contribution in [2.75, 3.05) is 13.6 Å². The molecule has 25 heavy (non-hydrogen) atoms. The Morgan fingerprint density at radius 2 is 1.92 bits per heavy atom. The van der Waals surface area contributed by atoms with Crippen LogP contribution in [0.4, 0.5) is 0 Å². The van der Waals surface area contributed by atoms with Crippen LogP contribution < -0.4 is 15.4 Å². The molecular formula is C19H27IN4O. The minimum atomic E-state index is 0. The van der Waals surface area contributed by atoms with E-state index in [1.807, 2.05) is 42.5 Å². The summed E-state index contributed by atoms with van der Waals surface area (Å²) in [7, 11) is 1.78. The van der Waals surface area contributed by atoms with Crippen LogP contribution in [0.25, 0.3) is 0 Å². The lowest BCUT2D eigenvalue weighted by molar-refractivity contribution is 0.293. The van der Waals surface area contributed by atoms with E-state index in [2.05, 4.69) is 27.5 Å². The van der Waals surface area contributed by atoms with Crippen molar-refractivity contribution >= 4 is 29.9 Å². The third kappa shape index (κ3) is 8.20. The third-order valence-corrected chi connectivity index (χ3v) is 3.54. The fraction of sp³-hybridized carbons (Fsp3) is 0.368. The summed E-state index contributed by atoms with van der Waals surface area (Å²) < 4.78 is 5.76. The normalized spacial score (nSPS) is 10.7. The number of rotatable bonds is 8. The number of unbranched alkanes of at least 4 members (excludes halogenated alkanes) is 1. The zero-order chi connectivity index (χ0) is 17.0. The lowest BCUT2D eigenvalue weighted by Crippen LogP contribution is -2.37. The van der Waals surface area contributed by atoms with Crippen LogP contribution in [0.15, 0.2) is 53.7 Å². The second kappa shape index (κ2) is 12.5. The molecule has 136 valence electrons. The molecule has 0 saturated heterocycles. The molecule has 0 atom stereocenters. The van der Waals surface area contributed by atoms with E-state index in [1.54, 1.807) is 13.2 Å². The Balaban J connectivity index is 0.00000312.